The Morgan fingerprint density at radius 2 is 1.69 bits per heavy atom. The van der Waals surface area contributed by atoms with Crippen LogP contribution in [0.5, 0.6) is 11.5 Å². The van der Waals surface area contributed by atoms with Crippen LogP contribution in [-0.2, 0) is 10.2 Å². The van der Waals surface area contributed by atoms with E-state index in [2.05, 4.69) is 0 Å². The maximum atomic E-state index is 13.2. The van der Waals surface area contributed by atoms with Gasteiger partial charge in [-0.1, -0.05) is 20.8 Å². The lowest BCUT2D eigenvalue weighted by Crippen LogP contribution is -2.41. The van der Waals surface area contributed by atoms with Crippen LogP contribution < -0.4 is 14.9 Å². The third-order valence-corrected chi connectivity index (χ3v) is 6.00. The molecule has 1 aromatic heterocycles. The molecule has 0 atom stereocenters. The van der Waals surface area contributed by atoms with E-state index in [4.69, 9.17) is 13.9 Å². The fourth-order valence-electron chi connectivity index (χ4n) is 4.26. The van der Waals surface area contributed by atoms with Crippen molar-refractivity contribution in [2.24, 2.45) is 0 Å². The second kappa shape index (κ2) is 7.10. The van der Waals surface area contributed by atoms with Crippen molar-refractivity contribution in [1.29, 1.82) is 0 Å². The Morgan fingerprint density at radius 1 is 1.00 bits per heavy atom. The summed E-state index contributed by atoms with van der Waals surface area (Å²) in [6.45, 7) is 6.54. The lowest BCUT2D eigenvalue weighted by molar-refractivity contribution is -0.122. The first-order valence-electron chi connectivity index (χ1n) is 10.0. The van der Waals surface area contributed by atoms with Crippen molar-refractivity contribution in [3.8, 4) is 22.8 Å². The second-order valence-electron chi connectivity index (χ2n) is 7.34. The molecule has 29 heavy (non-hydrogen) atoms. The number of carbonyl (C=O) groups is 1. The zero-order valence-electron chi connectivity index (χ0n) is 16.8. The van der Waals surface area contributed by atoms with Crippen molar-refractivity contribution in [1.82, 2.24) is 0 Å². The van der Waals surface area contributed by atoms with Crippen LogP contribution in [0.15, 0.2) is 39.1 Å². The van der Waals surface area contributed by atoms with E-state index in [1.807, 2.05) is 13.8 Å². The summed E-state index contributed by atoms with van der Waals surface area (Å²) in [5, 5.41) is 10.7. The highest BCUT2D eigenvalue weighted by molar-refractivity contribution is 6.10. The van der Waals surface area contributed by atoms with E-state index in [9.17, 15) is 14.7 Å². The topological polar surface area (TPSA) is 86.0 Å². The first-order valence-corrected chi connectivity index (χ1v) is 10.0. The molecule has 6 nitrogen and oxygen atoms in total. The fraction of sp³-hybridized carbons (Fsp3) is 0.391. The Bertz CT molecular complexity index is 1070. The number of allylic oxidation sites excluding steroid dienone is 1. The summed E-state index contributed by atoms with van der Waals surface area (Å²) in [6, 6.07) is 6.68. The van der Waals surface area contributed by atoms with Gasteiger partial charge in [-0.2, -0.15) is 0 Å². The summed E-state index contributed by atoms with van der Waals surface area (Å²) < 4.78 is 17.4. The average molecular weight is 396 g/mol. The van der Waals surface area contributed by atoms with Gasteiger partial charge in [-0.3, -0.25) is 9.59 Å². The SMILES string of the molecule is CCC1=C(O)c2c(oc(-c3ccc4c(c3)OCCO4)cc2=O)C(CC)(CC)C1=O. The van der Waals surface area contributed by atoms with Gasteiger partial charge >= 0.3 is 0 Å². The van der Waals surface area contributed by atoms with Crippen molar-refractivity contribution in [3.63, 3.8) is 0 Å². The van der Waals surface area contributed by atoms with Gasteiger partial charge in [0, 0.05) is 17.2 Å². The Balaban J connectivity index is 1.96. The molecule has 0 bridgehead atoms. The summed E-state index contributed by atoms with van der Waals surface area (Å²) >= 11 is 0. The van der Waals surface area contributed by atoms with Crippen LogP contribution in [0, 0.1) is 0 Å². The number of rotatable bonds is 4. The number of Topliss-reactive ketones (excluding diaryl/α,β-unsaturated/α-hetero) is 1. The normalized spacial score (nSPS) is 17.3. The molecule has 152 valence electrons. The molecule has 2 aliphatic rings. The number of aliphatic hydroxyl groups is 1. The van der Waals surface area contributed by atoms with Gasteiger partial charge in [0.1, 0.15) is 36.1 Å². The molecule has 0 saturated carbocycles. The van der Waals surface area contributed by atoms with Gasteiger partial charge in [0.05, 0.1) is 5.41 Å². The Hall–Kier alpha value is -3.02. The molecule has 0 radical (unpaired) electrons. The molecular formula is C23H24O6. The maximum absolute atomic E-state index is 13.2. The van der Waals surface area contributed by atoms with Gasteiger partial charge in [0.25, 0.3) is 0 Å². The maximum Gasteiger partial charge on any atom is 0.196 e. The lowest BCUT2D eigenvalue weighted by atomic mass is 9.68. The Morgan fingerprint density at radius 3 is 2.34 bits per heavy atom. The number of hydrogen-bond donors (Lipinski definition) is 1. The van der Waals surface area contributed by atoms with Crippen LogP contribution in [0.4, 0.5) is 0 Å². The molecule has 0 fully saturated rings. The van der Waals surface area contributed by atoms with Crippen LogP contribution in [0.1, 0.15) is 51.4 Å². The first kappa shape index (κ1) is 19.3. The van der Waals surface area contributed by atoms with Crippen molar-refractivity contribution in [2.75, 3.05) is 13.2 Å². The van der Waals surface area contributed by atoms with Crippen molar-refractivity contribution in [3.05, 3.63) is 51.4 Å². The van der Waals surface area contributed by atoms with Crippen LogP contribution in [-0.4, -0.2) is 24.1 Å². The predicted octanol–water partition coefficient (Wildman–Crippen LogP) is 4.40. The lowest BCUT2D eigenvalue weighted by Gasteiger charge is -2.35. The molecule has 1 aromatic carbocycles. The first-order chi connectivity index (χ1) is 14.0. The summed E-state index contributed by atoms with van der Waals surface area (Å²) in [4.78, 5) is 26.3. The van der Waals surface area contributed by atoms with Crippen molar-refractivity contribution in [2.45, 2.75) is 45.4 Å². The molecule has 1 aliphatic heterocycles. The molecule has 0 unspecified atom stereocenters. The fourth-order valence-corrected chi connectivity index (χ4v) is 4.26. The third-order valence-electron chi connectivity index (χ3n) is 6.00. The van der Waals surface area contributed by atoms with Gasteiger partial charge < -0.3 is 19.0 Å². The van der Waals surface area contributed by atoms with Gasteiger partial charge in [-0.05, 0) is 37.5 Å². The highest BCUT2D eigenvalue weighted by Crippen LogP contribution is 2.45. The number of ketones is 1. The molecule has 6 heteroatoms. The summed E-state index contributed by atoms with van der Waals surface area (Å²) in [5.41, 5.74) is -0.284. The van der Waals surface area contributed by atoms with Crippen LogP contribution in [0.25, 0.3) is 17.1 Å². The summed E-state index contributed by atoms with van der Waals surface area (Å²) in [6.07, 6.45) is 1.30. The molecule has 2 heterocycles. The van der Waals surface area contributed by atoms with Crippen molar-refractivity contribution >= 4 is 11.5 Å². The van der Waals surface area contributed by atoms with E-state index < -0.39 is 5.41 Å². The molecular weight excluding hydrogens is 372 g/mol. The smallest absolute Gasteiger partial charge is 0.196 e. The van der Waals surface area contributed by atoms with Gasteiger partial charge in [0.2, 0.25) is 0 Å². The van der Waals surface area contributed by atoms with E-state index in [0.29, 0.717) is 60.9 Å². The number of fused-ring (bicyclic) bond motifs is 2. The van der Waals surface area contributed by atoms with Gasteiger partial charge in [-0.15, -0.1) is 0 Å². The molecule has 0 saturated heterocycles. The van der Waals surface area contributed by atoms with Crippen LogP contribution >= 0.6 is 0 Å². The minimum absolute atomic E-state index is 0.103. The predicted molar refractivity (Wildman–Crippen MR) is 109 cm³/mol. The largest absolute Gasteiger partial charge is 0.507 e. The third kappa shape index (κ3) is 2.77. The summed E-state index contributed by atoms with van der Waals surface area (Å²) in [7, 11) is 0. The van der Waals surface area contributed by atoms with Crippen molar-refractivity contribution < 1.29 is 23.8 Å². The highest BCUT2D eigenvalue weighted by atomic mass is 16.6. The highest BCUT2D eigenvalue weighted by Gasteiger charge is 2.48. The van der Waals surface area contributed by atoms with E-state index in [-0.39, 0.29) is 28.3 Å². The molecule has 0 spiro atoms. The molecule has 2 aromatic rings. The van der Waals surface area contributed by atoms with E-state index in [0.717, 1.165) is 0 Å². The number of aliphatic hydroxyl groups excluding tert-OH is 1. The minimum atomic E-state index is -0.962. The number of carbonyl (C=O) groups excluding carboxylic acids is 1. The zero-order valence-corrected chi connectivity index (χ0v) is 16.8. The molecule has 1 aliphatic carbocycles. The van der Waals surface area contributed by atoms with E-state index in [1.54, 1.807) is 25.1 Å². The summed E-state index contributed by atoms with van der Waals surface area (Å²) in [5.74, 6) is 1.38. The molecule has 0 amide bonds. The van der Waals surface area contributed by atoms with Crippen LogP contribution in [0.2, 0.25) is 0 Å². The molecule has 1 N–H and O–H groups in total. The van der Waals surface area contributed by atoms with Gasteiger partial charge in [-0.25, -0.2) is 0 Å². The van der Waals surface area contributed by atoms with E-state index >= 15 is 0 Å². The number of hydrogen-bond acceptors (Lipinski definition) is 6. The molecule has 4 rings (SSSR count). The van der Waals surface area contributed by atoms with Gasteiger partial charge in [0.15, 0.2) is 22.7 Å². The second-order valence-corrected chi connectivity index (χ2v) is 7.34. The Kier molecular flexibility index (Phi) is 4.73. The monoisotopic (exact) mass is 396 g/mol. The minimum Gasteiger partial charge on any atom is -0.507 e. The quantitative estimate of drug-likeness (QED) is 0.824. The Labute approximate surface area is 168 Å². The zero-order chi connectivity index (χ0) is 20.8. The average Bonchev–Trinajstić information content (AvgIpc) is 2.74. The number of ether oxygens (including phenoxy) is 2. The van der Waals surface area contributed by atoms with E-state index in [1.165, 1.54) is 6.07 Å². The van der Waals surface area contributed by atoms with Crippen LogP contribution in [0.3, 0.4) is 0 Å². The standard InChI is InChI=1S/C23H24O6/c1-4-14-20(25)19-15(24)12-17(29-22(19)23(5-2,6-3)21(14)26)13-7-8-16-18(11-13)28-10-9-27-16/h7-8,11-12,25H,4-6,9-10H2,1-3H3. The number of benzene rings is 1.